The van der Waals surface area contributed by atoms with Gasteiger partial charge in [-0.05, 0) is 86.6 Å². The molecule has 1 atom stereocenters. The van der Waals surface area contributed by atoms with Crippen molar-refractivity contribution in [3.05, 3.63) is 93.5 Å². The zero-order valence-corrected chi connectivity index (χ0v) is 23.8. The predicted molar refractivity (Wildman–Crippen MR) is 158 cm³/mol. The van der Waals surface area contributed by atoms with Crippen LogP contribution in [0, 0.1) is 6.92 Å². The van der Waals surface area contributed by atoms with E-state index in [0.717, 1.165) is 11.1 Å². The van der Waals surface area contributed by atoms with Crippen LogP contribution in [0.2, 0.25) is 10.0 Å². The van der Waals surface area contributed by atoms with Gasteiger partial charge in [0.15, 0.2) is 5.11 Å². The molecule has 1 unspecified atom stereocenters. The summed E-state index contributed by atoms with van der Waals surface area (Å²) in [5.41, 5.74) is 3.43. The number of nitrogens with zero attached hydrogens (tertiary/aromatic N) is 2. The van der Waals surface area contributed by atoms with Gasteiger partial charge in [0, 0.05) is 22.3 Å². The number of hydrogen-bond donors (Lipinski definition) is 1. The summed E-state index contributed by atoms with van der Waals surface area (Å²) in [5.74, 6) is -1.08. The highest BCUT2D eigenvalue weighted by molar-refractivity contribution is 7.80. The number of anilines is 2. The highest BCUT2D eigenvalue weighted by atomic mass is 35.5. The summed E-state index contributed by atoms with van der Waals surface area (Å²) < 4.78 is 4.99. The summed E-state index contributed by atoms with van der Waals surface area (Å²) in [6.45, 7) is 4.34. The molecule has 0 aliphatic carbocycles. The maximum Gasteiger partial charge on any atom is 0.338 e. The van der Waals surface area contributed by atoms with Crippen LogP contribution in [-0.4, -0.2) is 47.0 Å². The Morgan fingerprint density at radius 1 is 1.03 bits per heavy atom. The number of carbonyl (C=O) groups is 3. The summed E-state index contributed by atoms with van der Waals surface area (Å²) in [7, 11) is 0. The fourth-order valence-corrected chi connectivity index (χ4v) is 5.19. The van der Waals surface area contributed by atoms with E-state index in [1.165, 1.54) is 4.90 Å². The summed E-state index contributed by atoms with van der Waals surface area (Å²) in [6.07, 6.45) is 0.383. The van der Waals surface area contributed by atoms with E-state index in [-0.39, 0.29) is 24.8 Å². The fraction of sp³-hybridized carbons (Fsp3) is 0.241. The van der Waals surface area contributed by atoms with Crippen molar-refractivity contribution in [1.82, 2.24) is 4.90 Å². The molecule has 1 heterocycles. The smallest absolute Gasteiger partial charge is 0.338 e. The second-order valence-electron chi connectivity index (χ2n) is 9.04. The minimum atomic E-state index is -0.802. The van der Waals surface area contributed by atoms with Gasteiger partial charge >= 0.3 is 5.97 Å². The Morgan fingerprint density at radius 2 is 1.72 bits per heavy atom. The van der Waals surface area contributed by atoms with Crippen LogP contribution in [0.25, 0.3) is 0 Å². The fourth-order valence-electron chi connectivity index (χ4n) is 4.28. The second-order valence-corrected chi connectivity index (χ2v) is 10.2. The molecule has 2 amide bonds. The molecule has 0 spiro atoms. The quantitative estimate of drug-likeness (QED) is 0.244. The Balaban J connectivity index is 1.52. The van der Waals surface area contributed by atoms with Crippen LogP contribution < -0.4 is 10.2 Å². The number of thiocarbonyl (C=S) groups is 1. The Morgan fingerprint density at radius 3 is 2.36 bits per heavy atom. The van der Waals surface area contributed by atoms with E-state index in [2.05, 4.69) is 5.32 Å². The molecule has 7 nitrogen and oxygen atoms in total. The van der Waals surface area contributed by atoms with Crippen molar-refractivity contribution >= 4 is 69.7 Å². The van der Waals surface area contributed by atoms with Gasteiger partial charge in [-0.2, -0.15) is 0 Å². The standard InChI is InChI=1S/C29H27Cl2N3O4S/c1-3-38-28(37)20-7-10-22(11-8-20)32-26(35)17-25-27(36)34(23-12-4-18(2)5-13-23)29(39)33(25)15-14-19-6-9-21(30)16-24(19)31/h4-13,16,25H,3,14-15,17H2,1-2H3,(H,32,35). The molecule has 39 heavy (non-hydrogen) atoms. The van der Waals surface area contributed by atoms with Crippen LogP contribution in [0.4, 0.5) is 11.4 Å². The van der Waals surface area contributed by atoms with Gasteiger partial charge in [-0.25, -0.2) is 4.79 Å². The highest BCUT2D eigenvalue weighted by Crippen LogP contribution is 2.29. The summed E-state index contributed by atoms with van der Waals surface area (Å²) >= 11 is 18.2. The molecule has 1 aliphatic rings. The number of carbonyl (C=O) groups excluding carboxylic acids is 3. The van der Waals surface area contributed by atoms with E-state index in [4.69, 9.17) is 40.2 Å². The maximum absolute atomic E-state index is 13.6. The second kappa shape index (κ2) is 12.6. The molecule has 10 heteroatoms. The first-order valence-electron chi connectivity index (χ1n) is 12.4. The normalized spacial score (nSPS) is 15.0. The average molecular weight is 585 g/mol. The van der Waals surface area contributed by atoms with Crippen molar-refractivity contribution in [3.8, 4) is 0 Å². The summed E-state index contributed by atoms with van der Waals surface area (Å²) in [6, 6.07) is 18.3. The predicted octanol–water partition coefficient (Wildman–Crippen LogP) is 6.05. The highest BCUT2D eigenvalue weighted by Gasteiger charge is 2.44. The molecule has 202 valence electrons. The van der Waals surface area contributed by atoms with Crippen LogP contribution in [0.15, 0.2) is 66.7 Å². The molecule has 0 radical (unpaired) electrons. The first-order valence-corrected chi connectivity index (χ1v) is 13.6. The van der Waals surface area contributed by atoms with Crippen LogP contribution in [0.3, 0.4) is 0 Å². The van der Waals surface area contributed by atoms with Gasteiger partial charge in [-0.15, -0.1) is 0 Å². The van der Waals surface area contributed by atoms with E-state index in [9.17, 15) is 14.4 Å². The number of hydrogen-bond acceptors (Lipinski definition) is 5. The van der Waals surface area contributed by atoms with Crippen molar-refractivity contribution in [1.29, 1.82) is 0 Å². The van der Waals surface area contributed by atoms with E-state index in [1.54, 1.807) is 48.2 Å². The van der Waals surface area contributed by atoms with Crippen LogP contribution in [0.5, 0.6) is 0 Å². The number of aryl methyl sites for hydroxylation is 1. The van der Waals surface area contributed by atoms with Crippen LogP contribution in [-0.2, 0) is 20.7 Å². The van der Waals surface area contributed by atoms with E-state index >= 15 is 0 Å². The monoisotopic (exact) mass is 583 g/mol. The lowest BCUT2D eigenvalue weighted by Crippen LogP contribution is -2.39. The lowest BCUT2D eigenvalue weighted by atomic mass is 10.1. The number of halogens is 2. The largest absolute Gasteiger partial charge is 0.462 e. The topological polar surface area (TPSA) is 78.9 Å². The van der Waals surface area contributed by atoms with Crippen molar-refractivity contribution in [2.24, 2.45) is 0 Å². The van der Waals surface area contributed by atoms with Gasteiger partial charge in [0.05, 0.1) is 24.3 Å². The van der Waals surface area contributed by atoms with Gasteiger partial charge in [0.25, 0.3) is 5.91 Å². The van der Waals surface area contributed by atoms with Crippen LogP contribution >= 0.6 is 35.4 Å². The zero-order valence-electron chi connectivity index (χ0n) is 21.4. The third-order valence-electron chi connectivity index (χ3n) is 6.31. The molecule has 1 saturated heterocycles. The lowest BCUT2D eigenvalue weighted by molar-refractivity contribution is -0.124. The number of amides is 2. The number of rotatable bonds is 9. The molecule has 0 aromatic heterocycles. The molecule has 1 aliphatic heterocycles. The first kappa shape index (κ1) is 28.5. The number of benzene rings is 3. The van der Waals surface area contributed by atoms with E-state index in [1.807, 2.05) is 37.3 Å². The molecule has 4 rings (SSSR count). The van der Waals surface area contributed by atoms with Crippen molar-refractivity contribution in [3.63, 3.8) is 0 Å². The maximum atomic E-state index is 13.6. The Labute approximate surface area is 242 Å². The van der Waals surface area contributed by atoms with Crippen molar-refractivity contribution < 1.29 is 19.1 Å². The van der Waals surface area contributed by atoms with E-state index in [0.29, 0.717) is 45.1 Å². The van der Waals surface area contributed by atoms with Gasteiger partial charge in [0.2, 0.25) is 5.91 Å². The van der Waals surface area contributed by atoms with Gasteiger partial charge < -0.3 is 15.0 Å². The molecular formula is C29H27Cl2N3O4S. The van der Waals surface area contributed by atoms with E-state index < -0.39 is 12.0 Å². The van der Waals surface area contributed by atoms with Gasteiger partial charge in [-0.1, -0.05) is 47.0 Å². The van der Waals surface area contributed by atoms with Gasteiger partial charge in [-0.3, -0.25) is 14.5 Å². The molecule has 0 bridgehead atoms. The number of nitrogens with one attached hydrogen (secondary N) is 1. The average Bonchev–Trinajstić information content (AvgIpc) is 3.13. The van der Waals surface area contributed by atoms with Crippen molar-refractivity contribution in [2.45, 2.75) is 32.7 Å². The number of ether oxygens (including phenoxy) is 1. The number of esters is 1. The molecular weight excluding hydrogens is 557 g/mol. The Bertz CT molecular complexity index is 1400. The van der Waals surface area contributed by atoms with Crippen molar-refractivity contribution in [2.75, 3.05) is 23.4 Å². The lowest BCUT2D eigenvalue weighted by Gasteiger charge is -2.24. The van der Waals surface area contributed by atoms with Crippen LogP contribution in [0.1, 0.15) is 34.8 Å². The van der Waals surface area contributed by atoms with Gasteiger partial charge in [0.1, 0.15) is 6.04 Å². The molecule has 3 aromatic carbocycles. The first-order chi connectivity index (χ1) is 18.7. The third kappa shape index (κ3) is 6.76. The third-order valence-corrected chi connectivity index (χ3v) is 7.31. The molecule has 1 fully saturated rings. The molecule has 1 N–H and O–H groups in total. The SMILES string of the molecule is CCOC(=O)c1ccc(NC(=O)CC2C(=O)N(c3ccc(C)cc3)C(=S)N2CCc2ccc(Cl)cc2Cl)cc1. The molecule has 3 aromatic rings. The Hall–Kier alpha value is -3.46. The Kier molecular flexibility index (Phi) is 9.22. The zero-order chi connectivity index (χ0) is 28.1. The summed E-state index contributed by atoms with van der Waals surface area (Å²) in [4.78, 5) is 41.8. The minimum absolute atomic E-state index is 0.116. The molecule has 0 saturated carbocycles. The summed E-state index contributed by atoms with van der Waals surface area (Å²) in [5, 5.41) is 4.19. The minimum Gasteiger partial charge on any atom is -0.462 e.